The molecule has 2 aliphatic heterocycles. The van der Waals surface area contributed by atoms with Gasteiger partial charge in [-0.2, -0.15) is 0 Å². The first-order valence-corrected chi connectivity index (χ1v) is 15.5. The third-order valence-electron chi connectivity index (χ3n) is 7.94. The zero-order chi connectivity index (χ0) is 30.9. The second-order valence-electron chi connectivity index (χ2n) is 12.0. The van der Waals surface area contributed by atoms with Gasteiger partial charge in [-0.15, -0.1) is 0 Å². The van der Waals surface area contributed by atoms with Crippen molar-refractivity contribution >= 4 is 11.8 Å². The molecule has 2 amide bonds. The summed E-state index contributed by atoms with van der Waals surface area (Å²) < 4.78 is 26.5. The number of rotatable bonds is 7. The molecule has 235 valence electrons. The van der Waals surface area contributed by atoms with Crippen LogP contribution in [0.4, 0.5) is 8.78 Å². The first kappa shape index (κ1) is 37.4. The molecule has 2 aromatic rings. The summed E-state index contributed by atoms with van der Waals surface area (Å²) in [5.74, 6) is -2.79. The molecule has 1 aromatic heterocycles. The summed E-state index contributed by atoms with van der Waals surface area (Å²) in [7, 11) is 0. The third kappa shape index (κ3) is 10.4. The second-order valence-corrected chi connectivity index (χ2v) is 12.0. The van der Waals surface area contributed by atoms with Gasteiger partial charge < -0.3 is 25.1 Å². The summed E-state index contributed by atoms with van der Waals surface area (Å²) >= 11 is 0. The summed E-state index contributed by atoms with van der Waals surface area (Å²) in [5.41, 5.74) is 2.88. The molecule has 1 radical (unpaired) electrons. The molecular formula is C33H48F2N5O2Y-. The number of hydrogen-bond acceptors (Lipinski definition) is 5. The molecule has 2 saturated heterocycles. The molecule has 1 N–H and O–H groups in total. The van der Waals surface area contributed by atoms with Gasteiger partial charge >= 0.3 is 0 Å². The minimum Gasteiger partial charge on any atom is -0.370 e. The quantitative estimate of drug-likeness (QED) is 0.364. The number of halogens is 2. The predicted molar refractivity (Wildman–Crippen MR) is 161 cm³/mol. The summed E-state index contributed by atoms with van der Waals surface area (Å²) in [6, 6.07) is 9.50. The maximum Gasteiger partial charge on any atom is 0.249 e. The van der Waals surface area contributed by atoms with Gasteiger partial charge in [-0.05, 0) is 29.4 Å². The molecule has 3 heterocycles. The fourth-order valence-electron chi connectivity index (χ4n) is 5.91. The van der Waals surface area contributed by atoms with Crippen LogP contribution in [0.1, 0.15) is 93.2 Å². The third-order valence-corrected chi connectivity index (χ3v) is 7.94. The van der Waals surface area contributed by atoms with E-state index in [1.807, 2.05) is 49.1 Å². The Hall–Kier alpha value is -1.84. The van der Waals surface area contributed by atoms with E-state index in [4.69, 9.17) is 0 Å². The standard InChI is InChI=1S/C27H32F2N5O2.2C3H8.Y/c1-17-24(18(2)31-16-30-17)26(36)34-14-21-12-33(13-22(21)15-34)9-8-23(19-6-4-3-5-7-19)32-25(35)20-10-27(28,29)11-20;2*1-3-2;/h3-7,20-23H,8-15H2,1-2H3,(H,32,35);2*3H2,1-2H3;/q-1;;;/t21?,22?,23-;;;/m0.../s1. The smallest absolute Gasteiger partial charge is 0.249 e. The van der Waals surface area contributed by atoms with Crippen LogP contribution in [0, 0.1) is 37.9 Å². The summed E-state index contributed by atoms with van der Waals surface area (Å²) in [4.78, 5) is 38.2. The van der Waals surface area contributed by atoms with E-state index in [-0.39, 0.29) is 63.4 Å². The van der Waals surface area contributed by atoms with E-state index in [0.717, 1.165) is 25.2 Å². The van der Waals surface area contributed by atoms with Crippen molar-refractivity contribution in [2.45, 2.75) is 85.6 Å². The molecule has 1 aromatic carbocycles. The maximum absolute atomic E-state index is 13.3. The van der Waals surface area contributed by atoms with Gasteiger partial charge in [0.25, 0.3) is 0 Å². The number of nitrogens with zero attached hydrogens (tertiary/aromatic N) is 4. The van der Waals surface area contributed by atoms with Gasteiger partial charge in [-0.25, -0.2) is 8.78 Å². The van der Waals surface area contributed by atoms with E-state index in [2.05, 4.69) is 54.2 Å². The normalized spacial score (nSPS) is 21.2. The number of fused-ring (bicyclic) bond motifs is 1. The molecule has 3 atom stereocenters. The molecule has 3 fully saturated rings. The van der Waals surface area contributed by atoms with Crippen LogP contribution in [0.25, 0.3) is 0 Å². The zero-order valence-electron chi connectivity index (χ0n) is 26.7. The van der Waals surface area contributed by atoms with Crippen molar-refractivity contribution < 1.29 is 51.1 Å². The van der Waals surface area contributed by atoms with Gasteiger partial charge in [-0.1, -0.05) is 96.1 Å². The Kier molecular flexibility index (Phi) is 15.3. The number of alkyl halides is 2. The Morgan fingerprint density at radius 1 is 0.953 bits per heavy atom. The molecule has 1 saturated carbocycles. The first-order valence-electron chi connectivity index (χ1n) is 15.5. The minimum absolute atomic E-state index is 0. The van der Waals surface area contributed by atoms with Crippen molar-refractivity contribution in [2.75, 3.05) is 32.7 Å². The zero-order valence-corrected chi connectivity index (χ0v) is 29.5. The molecule has 7 nitrogen and oxygen atoms in total. The van der Waals surface area contributed by atoms with Crippen LogP contribution in [-0.4, -0.2) is 70.2 Å². The Balaban J connectivity index is 0.000000853. The second kappa shape index (κ2) is 17.6. The van der Waals surface area contributed by atoms with Gasteiger partial charge in [0.15, 0.2) is 0 Å². The molecule has 2 unspecified atom stereocenters. The monoisotopic (exact) mass is 673 g/mol. The van der Waals surface area contributed by atoms with Crippen LogP contribution in [-0.2, 0) is 37.5 Å². The molecule has 0 bridgehead atoms. The van der Waals surface area contributed by atoms with Crippen LogP contribution >= 0.6 is 0 Å². The summed E-state index contributed by atoms with van der Waals surface area (Å²) in [6.45, 7) is 16.1. The van der Waals surface area contributed by atoms with Crippen LogP contribution in [0.3, 0.4) is 0 Å². The number of aromatic nitrogens is 2. The molecule has 10 heteroatoms. The van der Waals surface area contributed by atoms with Crippen molar-refractivity contribution in [1.29, 1.82) is 0 Å². The van der Waals surface area contributed by atoms with Gasteiger partial charge in [0.1, 0.15) is 0 Å². The minimum atomic E-state index is -2.71. The number of aryl methyl sites for hydroxylation is 2. The SMILES string of the molecule is CCC.CCC.Cc1n[c-]nc(C)c1C(=O)N1CC2CN(CC[C@H](NC(=O)C3CC(F)(F)C3)c3ccccc3)CC2C1.[Y]. The number of nitrogens with one attached hydrogen (secondary N) is 1. The fourth-order valence-corrected chi connectivity index (χ4v) is 5.91. The first-order chi connectivity index (χ1) is 20.0. The van der Waals surface area contributed by atoms with Gasteiger partial charge in [-0.3, -0.25) is 9.59 Å². The number of benzene rings is 1. The Labute approximate surface area is 281 Å². The molecule has 3 aliphatic rings. The molecule has 1 aliphatic carbocycles. The Morgan fingerprint density at radius 3 is 1.95 bits per heavy atom. The van der Waals surface area contributed by atoms with Crippen molar-refractivity contribution in [3.63, 3.8) is 0 Å². The van der Waals surface area contributed by atoms with E-state index in [0.29, 0.717) is 48.3 Å². The topological polar surface area (TPSA) is 78.4 Å². The van der Waals surface area contributed by atoms with E-state index < -0.39 is 11.8 Å². The van der Waals surface area contributed by atoms with Crippen LogP contribution in [0.5, 0.6) is 0 Å². The average molecular weight is 674 g/mol. The molecule has 0 spiro atoms. The Bertz CT molecular complexity index is 1120. The van der Waals surface area contributed by atoms with E-state index in [1.54, 1.807) is 0 Å². The van der Waals surface area contributed by atoms with E-state index in [9.17, 15) is 18.4 Å². The number of carbonyl (C=O) groups excluding carboxylic acids is 2. The van der Waals surface area contributed by atoms with Gasteiger partial charge in [0, 0.05) is 90.5 Å². The maximum atomic E-state index is 13.3. The summed E-state index contributed by atoms with van der Waals surface area (Å²) in [6.07, 6.45) is 5.06. The largest absolute Gasteiger partial charge is 0.370 e. The Morgan fingerprint density at radius 2 is 1.47 bits per heavy atom. The number of likely N-dealkylation sites (tertiary alicyclic amines) is 2. The predicted octanol–water partition coefficient (Wildman–Crippen LogP) is 6.02. The van der Waals surface area contributed by atoms with Crippen molar-refractivity contribution in [1.82, 2.24) is 25.1 Å². The van der Waals surface area contributed by atoms with Gasteiger partial charge in [0.2, 0.25) is 17.7 Å². The van der Waals surface area contributed by atoms with Crippen molar-refractivity contribution in [2.24, 2.45) is 17.8 Å². The number of amides is 2. The van der Waals surface area contributed by atoms with E-state index in [1.165, 1.54) is 12.8 Å². The summed E-state index contributed by atoms with van der Waals surface area (Å²) in [5, 5.41) is 3.03. The molecule has 43 heavy (non-hydrogen) atoms. The fraction of sp³-hybridized carbons (Fsp3) is 0.636. The van der Waals surface area contributed by atoms with E-state index >= 15 is 0 Å². The van der Waals surface area contributed by atoms with Crippen molar-refractivity contribution in [3.8, 4) is 0 Å². The number of carbonyl (C=O) groups is 2. The average Bonchev–Trinajstić information content (AvgIpc) is 3.50. The number of hydrogen-bond donors (Lipinski definition) is 1. The van der Waals surface area contributed by atoms with Crippen LogP contribution in [0.2, 0.25) is 0 Å². The molecular weight excluding hydrogens is 625 g/mol. The van der Waals surface area contributed by atoms with Crippen LogP contribution < -0.4 is 5.32 Å². The van der Waals surface area contributed by atoms with Gasteiger partial charge in [0.05, 0.1) is 6.04 Å². The van der Waals surface area contributed by atoms with Crippen molar-refractivity contribution in [3.05, 3.63) is 59.2 Å². The molecule has 5 rings (SSSR count). The van der Waals surface area contributed by atoms with Crippen LogP contribution in [0.15, 0.2) is 30.3 Å².